The molecule has 2 rings (SSSR count). The quantitative estimate of drug-likeness (QED) is 0.887. The van der Waals surface area contributed by atoms with Crippen LogP contribution in [0.15, 0.2) is 24.4 Å². The first-order valence-electron chi connectivity index (χ1n) is 5.16. The zero-order valence-corrected chi connectivity index (χ0v) is 10.2. The number of benzene rings is 1. The van der Waals surface area contributed by atoms with Crippen LogP contribution in [-0.2, 0) is 0 Å². The van der Waals surface area contributed by atoms with Crippen LogP contribution in [0.1, 0.15) is 12.5 Å². The Labute approximate surface area is 98.9 Å². The molecule has 0 spiro atoms. The smallest absolute Gasteiger partial charge is 0.180 e. The molecule has 0 radical (unpaired) electrons. The van der Waals surface area contributed by atoms with Gasteiger partial charge < -0.3 is 10.5 Å². The summed E-state index contributed by atoms with van der Waals surface area (Å²) in [6, 6.07) is 6.15. The van der Waals surface area contributed by atoms with Crippen LogP contribution in [0.25, 0.3) is 10.4 Å². The van der Waals surface area contributed by atoms with E-state index in [1.54, 1.807) is 6.20 Å². The molecule has 1 aromatic heterocycles. The van der Waals surface area contributed by atoms with Gasteiger partial charge in [0.05, 0.1) is 11.5 Å². The lowest BCUT2D eigenvalue weighted by molar-refractivity contribution is 0.338. The third kappa shape index (κ3) is 2.17. The van der Waals surface area contributed by atoms with Crippen molar-refractivity contribution in [2.75, 3.05) is 12.3 Å². The van der Waals surface area contributed by atoms with Crippen molar-refractivity contribution in [1.29, 1.82) is 0 Å². The van der Waals surface area contributed by atoms with Crippen LogP contribution in [0, 0.1) is 6.92 Å². The van der Waals surface area contributed by atoms with Crippen molar-refractivity contribution in [3.8, 4) is 16.2 Å². The van der Waals surface area contributed by atoms with E-state index in [0.717, 1.165) is 21.8 Å². The van der Waals surface area contributed by atoms with E-state index in [4.69, 9.17) is 10.5 Å². The molecule has 0 unspecified atom stereocenters. The van der Waals surface area contributed by atoms with Crippen LogP contribution in [0.5, 0.6) is 5.75 Å². The van der Waals surface area contributed by atoms with E-state index in [0.29, 0.717) is 11.7 Å². The number of hydrogen-bond donors (Lipinski definition) is 1. The molecule has 2 aromatic rings. The van der Waals surface area contributed by atoms with E-state index in [1.165, 1.54) is 11.3 Å². The van der Waals surface area contributed by atoms with Crippen LogP contribution >= 0.6 is 11.3 Å². The minimum absolute atomic E-state index is 0.591. The van der Waals surface area contributed by atoms with E-state index in [1.807, 2.05) is 19.9 Å². The SMILES string of the molecule is CCOc1cc(-c2cnc(N)s2)ccc1C. The summed E-state index contributed by atoms with van der Waals surface area (Å²) < 4.78 is 5.56. The third-order valence-corrected chi connectivity index (χ3v) is 3.17. The Hall–Kier alpha value is -1.55. The summed E-state index contributed by atoms with van der Waals surface area (Å²) >= 11 is 1.48. The molecule has 0 bridgehead atoms. The predicted octanol–water partition coefficient (Wildman–Crippen LogP) is 3.10. The van der Waals surface area contributed by atoms with Gasteiger partial charge in [-0.25, -0.2) is 4.98 Å². The molecule has 0 aliphatic rings. The lowest BCUT2D eigenvalue weighted by atomic mass is 10.1. The first-order valence-corrected chi connectivity index (χ1v) is 5.97. The number of rotatable bonds is 3. The minimum atomic E-state index is 0.591. The highest BCUT2D eigenvalue weighted by molar-refractivity contribution is 7.18. The predicted molar refractivity (Wildman–Crippen MR) is 67.9 cm³/mol. The Morgan fingerprint density at radius 1 is 1.44 bits per heavy atom. The van der Waals surface area contributed by atoms with Gasteiger partial charge in [-0.15, -0.1) is 0 Å². The number of aromatic nitrogens is 1. The Morgan fingerprint density at radius 2 is 2.25 bits per heavy atom. The average Bonchev–Trinajstić information content (AvgIpc) is 2.69. The zero-order chi connectivity index (χ0) is 11.5. The highest BCUT2D eigenvalue weighted by atomic mass is 32.1. The van der Waals surface area contributed by atoms with Gasteiger partial charge in [-0.3, -0.25) is 0 Å². The second kappa shape index (κ2) is 4.53. The highest BCUT2D eigenvalue weighted by Crippen LogP contribution is 2.31. The number of nitrogen functional groups attached to an aromatic ring is 1. The van der Waals surface area contributed by atoms with Crippen molar-refractivity contribution in [3.05, 3.63) is 30.0 Å². The summed E-state index contributed by atoms with van der Waals surface area (Å²) in [5, 5.41) is 0.591. The molecule has 0 amide bonds. The molecule has 3 nitrogen and oxygen atoms in total. The summed E-state index contributed by atoms with van der Waals surface area (Å²) in [4.78, 5) is 5.11. The molecule has 1 aromatic carbocycles. The summed E-state index contributed by atoms with van der Waals surface area (Å²) in [5.74, 6) is 0.923. The molecular formula is C12H14N2OS. The molecule has 0 saturated heterocycles. The highest BCUT2D eigenvalue weighted by Gasteiger charge is 2.05. The van der Waals surface area contributed by atoms with Gasteiger partial charge in [-0.2, -0.15) is 0 Å². The maximum atomic E-state index is 5.62. The van der Waals surface area contributed by atoms with Crippen LogP contribution in [0.3, 0.4) is 0 Å². The van der Waals surface area contributed by atoms with Gasteiger partial charge >= 0.3 is 0 Å². The fraction of sp³-hybridized carbons (Fsp3) is 0.250. The molecule has 0 aliphatic carbocycles. The minimum Gasteiger partial charge on any atom is -0.494 e. The van der Waals surface area contributed by atoms with Gasteiger partial charge in [0, 0.05) is 6.20 Å². The monoisotopic (exact) mass is 234 g/mol. The Kier molecular flexibility index (Phi) is 3.10. The summed E-state index contributed by atoms with van der Waals surface area (Å²) in [6.45, 7) is 4.70. The zero-order valence-electron chi connectivity index (χ0n) is 9.36. The van der Waals surface area contributed by atoms with Crippen molar-refractivity contribution in [2.24, 2.45) is 0 Å². The molecule has 84 valence electrons. The number of ether oxygens (including phenoxy) is 1. The molecule has 2 N–H and O–H groups in total. The first-order chi connectivity index (χ1) is 7.70. The molecule has 16 heavy (non-hydrogen) atoms. The van der Waals surface area contributed by atoms with E-state index >= 15 is 0 Å². The molecule has 0 atom stereocenters. The molecule has 0 saturated carbocycles. The Morgan fingerprint density at radius 3 is 2.88 bits per heavy atom. The third-order valence-electron chi connectivity index (χ3n) is 2.30. The fourth-order valence-corrected chi connectivity index (χ4v) is 2.17. The van der Waals surface area contributed by atoms with Crippen LogP contribution in [0.2, 0.25) is 0 Å². The van der Waals surface area contributed by atoms with E-state index in [-0.39, 0.29) is 0 Å². The number of nitrogens with zero attached hydrogens (tertiary/aromatic N) is 1. The fourth-order valence-electron chi connectivity index (χ4n) is 1.49. The maximum absolute atomic E-state index is 5.62. The second-order valence-corrected chi connectivity index (χ2v) is 4.54. The number of hydrogen-bond acceptors (Lipinski definition) is 4. The van der Waals surface area contributed by atoms with Crippen LogP contribution in [0.4, 0.5) is 5.13 Å². The number of nitrogens with two attached hydrogens (primary N) is 1. The maximum Gasteiger partial charge on any atom is 0.180 e. The normalized spacial score (nSPS) is 10.4. The molecule has 4 heteroatoms. The summed E-state index contributed by atoms with van der Waals surface area (Å²) in [7, 11) is 0. The summed E-state index contributed by atoms with van der Waals surface area (Å²) in [5.41, 5.74) is 7.86. The Balaban J connectivity index is 2.39. The number of anilines is 1. The van der Waals surface area contributed by atoms with Gasteiger partial charge in [-0.1, -0.05) is 23.5 Å². The van der Waals surface area contributed by atoms with Crippen LogP contribution < -0.4 is 10.5 Å². The van der Waals surface area contributed by atoms with Gasteiger partial charge in [0.2, 0.25) is 0 Å². The van der Waals surface area contributed by atoms with Crippen molar-refractivity contribution in [3.63, 3.8) is 0 Å². The Bertz CT molecular complexity index is 494. The number of thiazole rings is 1. The van der Waals surface area contributed by atoms with Gasteiger partial charge in [0.15, 0.2) is 5.13 Å². The van der Waals surface area contributed by atoms with Gasteiger partial charge in [-0.05, 0) is 31.0 Å². The molecular weight excluding hydrogens is 220 g/mol. The van der Waals surface area contributed by atoms with Crippen molar-refractivity contribution in [1.82, 2.24) is 4.98 Å². The average molecular weight is 234 g/mol. The molecule has 0 fully saturated rings. The van der Waals surface area contributed by atoms with Crippen LogP contribution in [-0.4, -0.2) is 11.6 Å². The van der Waals surface area contributed by atoms with Crippen molar-refractivity contribution < 1.29 is 4.74 Å². The van der Waals surface area contributed by atoms with Crippen molar-refractivity contribution >= 4 is 16.5 Å². The van der Waals surface area contributed by atoms with E-state index in [2.05, 4.69) is 17.1 Å². The largest absolute Gasteiger partial charge is 0.494 e. The first kappa shape index (κ1) is 11.0. The van der Waals surface area contributed by atoms with E-state index in [9.17, 15) is 0 Å². The lowest BCUT2D eigenvalue weighted by Gasteiger charge is -2.08. The van der Waals surface area contributed by atoms with Gasteiger partial charge in [0.1, 0.15) is 5.75 Å². The topological polar surface area (TPSA) is 48.1 Å². The molecule has 0 aliphatic heterocycles. The second-order valence-electron chi connectivity index (χ2n) is 3.48. The van der Waals surface area contributed by atoms with Gasteiger partial charge in [0.25, 0.3) is 0 Å². The van der Waals surface area contributed by atoms with E-state index < -0.39 is 0 Å². The number of aryl methyl sites for hydroxylation is 1. The lowest BCUT2D eigenvalue weighted by Crippen LogP contribution is -1.93. The summed E-state index contributed by atoms with van der Waals surface area (Å²) in [6.07, 6.45) is 1.79. The van der Waals surface area contributed by atoms with Crippen molar-refractivity contribution in [2.45, 2.75) is 13.8 Å². The standard InChI is InChI=1S/C12H14N2OS/c1-3-15-10-6-9(5-4-8(10)2)11-7-14-12(13)16-11/h4-7H,3H2,1-2H3,(H2,13,14). The molecule has 1 heterocycles.